The Bertz CT molecular complexity index is 413. The quantitative estimate of drug-likeness (QED) is 0.836. The van der Waals surface area contributed by atoms with Crippen LogP contribution in [0.15, 0.2) is 6.33 Å². The maximum atomic E-state index is 4.46. The topological polar surface area (TPSA) is 53.1 Å². The fourth-order valence-electron chi connectivity index (χ4n) is 2.57. The number of hydrogen-bond donors (Lipinski definition) is 2. The van der Waals surface area contributed by atoms with Gasteiger partial charge >= 0.3 is 0 Å². The number of anilines is 2. The predicted octanol–water partition coefficient (Wildman–Crippen LogP) is 3.23. The summed E-state index contributed by atoms with van der Waals surface area (Å²) in [5.41, 5.74) is 4.68. The van der Waals surface area contributed by atoms with E-state index in [-0.39, 0.29) is 0 Å². The zero-order valence-electron chi connectivity index (χ0n) is 12.9. The maximum absolute atomic E-state index is 4.46. The highest BCUT2D eigenvalue weighted by Crippen LogP contribution is 2.29. The Labute approximate surface area is 122 Å². The molecule has 112 valence electrons. The number of piperidine rings is 1. The molecule has 0 unspecified atom stereocenters. The summed E-state index contributed by atoms with van der Waals surface area (Å²) in [5.74, 6) is 2.31. The molecule has 0 aromatic carbocycles. The van der Waals surface area contributed by atoms with Crippen LogP contribution < -0.4 is 10.7 Å². The van der Waals surface area contributed by atoms with E-state index >= 15 is 0 Å². The molecule has 1 aromatic rings. The lowest BCUT2D eigenvalue weighted by Gasteiger charge is -2.29. The lowest BCUT2D eigenvalue weighted by Crippen LogP contribution is -2.35. The van der Waals surface area contributed by atoms with E-state index in [1.54, 1.807) is 6.33 Å². The molecule has 2 N–H and O–H groups in total. The zero-order valence-corrected chi connectivity index (χ0v) is 12.9. The molecule has 0 atom stereocenters. The van der Waals surface area contributed by atoms with Crippen molar-refractivity contribution in [3.63, 3.8) is 0 Å². The molecule has 5 nitrogen and oxygen atoms in total. The molecule has 0 spiro atoms. The minimum atomic E-state index is 0.392. The zero-order chi connectivity index (χ0) is 14.4. The van der Waals surface area contributed by atoms with Crippen molar-refractivity contribution in [2.24, 2.45) is 0 Å². The molecule has 0 saturated carbocycles. The van der Waals surface area contributed by atoms with E-state index in [9.17, 15) is 0 Å². The van der Waals surface area contributed by atoms with Gasteiger partial charge in [-0.05, 0) is 25.2 Å². The van der Waals surface area contributed by atoms with E-state index < -0.39 is 0 Å². The van der Waals surface area contributed by atoms with Gasteiger partial charge < -0.3 is 10.7 Å². The van der Waals surface area contributed by atoms with Gasteiger partial charge in [-0.1, -0.05) is 27.2 Å². The molecular formula is C15H27N5. The van der Waals surface area contributed by atoms with Crippen LogP contribution in [0.2, 0.25) is 0 Å². The Morgan fingerprint density at radius 1 is 1.15 bits per heavy atom. The summed E-state index contributed by atoms with van der Waals surface area (Å²) >= 11 is 0. The summed E-state index contributed by atoms with van der Waals surface area (Å²) in [6, 6.07) is 0. The average Bonchev–Trinajstić information content (AvgIpc) is 2.46. The molecule has 1 aliphatic rings. The van der Waals surface area contributed by atoms with E-state index in [0.29, 0.717) is 5.92 Å². The molecule has 2 rings (SSSR count). The SMILES string of the molecule is CCCNc1ncnc(NN2CCCCC2)c1C(C)C. The van der Waals surface area contributed by atoms with E-state index in [4.69, 9.17) is 0 Å². The van der Waals surface area contributed by atoms with Gasteiger partial charge in [-0.15, -0.1) is 0 Å². The van der Waals surface area contributed by atoms with Crippen LogP contribution in [-0.2, 0) is 0 Å². The van der Waals surface area contributed by atoms with Crippen LogP contribution in [0.5, 0.6) is 0 Å². The first-order chi connectivity index (χ1) is 9.72. The molecule has 5 heteroatoms. The van der Waals surface area contributed by atoms with Gasteiger partial charge in [-0.25, -0.2) is 15.0 Å². The Balaban J connectivity index is 2.17. The van der Waals surface area contributed by atoms with Gasteiger partial charge in [0.25, 0.3) is 0 Å². The lowest BCUT2D eigenvalue weighted by molar-refractivity contribution is 0.272. The summed E-state index contributed by atoms with van der Waals surface area (Å²) < 4.78 is 0. The lowest BCUT2D eigenvalue weighted by atomic mass is 10.0. The molecular weight excluding hydrogens is 250 g/mol. The number of nitrogens with zero attached hydrogens (tertiary/aromatic N) is 3. The minimum absolute atomic E-state index is 0.392. The van der Waals surface area contributed by atoms with Gasteiger partial charge in [0.2, 0.25) is 0 Å². The van der Waals surface area contributed by atoms with Crippen LogP contribution in [0.4, 0.5) is 11.6 Å². The minimum Gasteiger partial charge on any atom is -0.370 e. The highest BCUT2D eigenvalue weighted by molar-refractivity contribution is 5.58. The van der Waals surface area contributed by atoms with Crippen molar-refractivity contribution in [2.45, 2.75) is 52.4 Å². The van der Waals surface area contributed by atoms with Gasteiger partial charge in [0.1, 0.15) is 18.0 Å². The van der Waals surface area contributed by atoms with E-state index in [0.717, 1.165) is 37.7 Å². The predicted molar refractivity (Wildman–Crippen MR) is 83.9 cm³/mol. The largest absolute Gasteiger partial charge is 0.370 e. The van der Waals surface area contributed by atoms with E-state index in [2.05, 4.69) is 46.5 Å². The highest BCUT2D eigenvalue weighted by atomic mass is 15.5. The fourth-order valence-corrected chi connectivity index (χ4v) is 2.57. The average molecular weight is 277 g/mol. The molecule has 0 aliphatic carbocycles. The van der Waals surface area contributed by atoms with Crippen LogP contribution in [-0.4, -0.2) is 34.6 Å². The summed E-state index contributed by atoms with van der Waals surface area (Å²) in [6.45, 7) is 9.68. The highest BCUT2D eigenvalue weighted by Gasteiger charge is 2.17. The molecule has 0 bridgehead atoms. The van der Waals surface area contributed by atoms with Crippen LogP contribution in [0.3, 0.4) is 0 Å². The van der Waals surface area contributed by atoms with Crippen molar-refractivity contribution in [1.29, 1.82) is 0 Å². The Kier molecular flexibility index (Phi) is 5.59. The third kappa shape index (κ3) is 3.82. The normalized spacial score (nSPS) is 16.4. The second-order valence-corrected chi connectivity index (χ2v) is 5.73. The van der Waals surface area contributed by atoms with Crippen molar-refractivity contribution >= 4 is 11.6 Å². The van der Waals surface area contributed by atoms with E-state index in [1.807, 2.05) is 0 Å². The van der Waals surface area contributed by atoms with Crippen molar-refractivity contribution in [1.82, 2.24) is 15.0 Å². The van der Waals surface area contributed by atoms with Crippen molar-refractivity contribution < 1.29 is 0 Å². The van der Waals surface area contributed by atoms with Gasteiger partial charge in [-0.3, -0.25) is 0 Å². The van der Waals surface area contributed by atoms with Crippen LogP contribution in [0.1, 0.15) is 57.9 Å². The fraction of sp³-hybridized carbons (Fsp3) is 0.733. The standard InChI is InChI=1S/C15H27N5/c1-4-8-16-14-13(12(2)3)15(18-11-17-14)19-20-9-6-5-7-10-20/h11-12H,4-10H2,1-3H3,(H2,16,17,18,19). The number of nitrogens with one attached hydrogen (secondary N) is 2. The molecule has 1 aromatic heterocycles. The number of aromatic nitrogens is 2. The van der Waals surface area contributed by atoms with Crippen LogP contribution in [0.25, 0.3) is 0 Å². The summed E-state index contributed by atoms with van der Waals surface area (Å²) in [4.78, 5) is 8.87. The smallest absolute Gasteiger partial charge is 0.149 e. The number of hydrogen-bond acceptors (Lipinski definition) is 5. The Hall–Kier alpha value is -1.36. The summed E-state index contributed by atoms with van der Waals surface area (Å²) in [7, 11) is 0. The second kappa shape index (κ2) is 7.43. The number of hydrazine groups is 1. The first-order valence-electron chi connectivity index (χ1n) is 7.82. The third-order valence-electron chi connectivity index (χ3n) is 3.62. The van der Waals surface area contributed by atoms with Crippen molar-refractivity contribution in [3.8, 4) is 0 Å². The van der Waals surface area contributed by atoms with Gasteiger partial charge in [0.15, 0.2) is 0 Å². The van der Waals surface area contributed by atoms with E-state index in [1.165, 1.54) is 24.8 Å². The Morgan fingerprint density at radius 3 is 2.50 bits per heavy atom. The molecule has 2 heterocycles. The first-order valence-corrected chi connectivity index (χ1v) is 7.82. The molecule has 0 amide bonds. The molecule has 1 saturated heterocycles. The molecule has 1 aliphatic heterocycles. The van der Waals surface area contributed by atoms with Crippen molar-refractivity contribution in [2.75, 3.05) is 30.4 Å². The van der Waals surface area contributed by atoms with Crippen LogP contribution >= 0.6 is 0 Å². The van der Waals surface area contributed by atoms with Crippen LogP contribution in [0, 0.1) is 0 Å². The Morgan fingerprint density at radius 2 is 1.85 bits per heavy atom. The molecule has 0 radical (unpaired) electrons. The summed E-state index contributed by atoms with van der Waals surface area (Å²) in [6.07, 6.45) is 6.60. The molecule has 1 fully saturated rings. The monoisotopic (exact) mass is 277 g/mol. The second-order valence-electron chi connectivity index (χ2n) is 5.73. The maximum Gasteiger partial charge on any atom is 0.149 e. The summed E-state index contributed by atoms with van der Waals surface area (Å²) in [5, 5.41) is 5.69. The van der Waals surface area contributed by atoms with Gasteiger partial charge in [0, 0.05) is 25.2 Å². The first kappa shape index (κ1) is 15.0. The van der Waals surface area contributed by atoms with Gasteiger partial charge in [0.05, 0.1) is 0 Å². The third-order valence-corrected chi connectivity index (χ3v) is 3.62. The molecule has 20 heavy (non-hydrogen) atoms. The van der Waals surface area contributed by atoms with Gasteiger partial charge in [-0.2, -0.15) is 0 Å². The number of rotatable bonds is 6. The van der Waals surface area contributed by atoms with Crippen molar-refractivity contribution in [3.05, 3.63) is 11.9 Å².